The topological polar surface area (TPSA) is 39.7 Å². The number of thioether (sulfide) groups is 1. The van der Waals surface area contributed by atoms with Crippen LogP contribution in [0.2, 0.25) is 0 Å². The van der Waals surface area contributed by atoms with E-state index < -0.39 is 0 Å². The average Bonchev–Trinajstić information content (AvgIpc) is 2.59. The van der Waals surface area contributed by atoms with Crippen LogP contribution < -0.4 is 15.5 Å². The molecule has 2 atom stereocenters. The summed E-state index contributed by atoms with van der Waals surface area (Å²) in [6, 6.07) is 7.15. The first-order chi connectivity index (χ1) is 11.5. The van der Waals surface area contributed by atoms with E-state index >= 15 is 0 Å². The number of nitrogens with one attached hydrogen (secondary N) is 2. The van der Waals surface area contributed by atoms with E-state index in [-0.39, 0.29) is 0 Å². The van der Waals surface area contributed by atoms with Gasteiger partial charge < -0.3 is 15.5 Å². The molecule has 0 aliphatic heterocycles. The summed E-state index contributed by atoms with van der Waals surface area (Å²) in [4.78, 5) is 6.54. The molecule has 2 rings (SSSR count). The Morgan fingerprint density at radius 1 is 1.33 bits per heavy atom. The smallest absolute Gasteiger partial charge is 0.191 e. The lowest BCUT2D eigenvalue weighted by Gasteiger charge is -2.30. The molecule has 0 heterocycles. The quantitative estimate of drug-likeness (QED) is 0.632. The number of rotatable bonds is 5. The molecule has 2 unspecified atom stereocenters. The zero-order valence-corrected chi connectivity index (χ0v) is 16.5. The van der Waals surface area contributed by atoms with Crippen LogP contribution in [-0.2, 0) is 6.54 Å². The highest BCUT2D eigenvalue weighted by molar-refractivity contribution is 7.99. The maximum Gasteiger partial charge on any atom is 0.191 e. The molecule has 1 fully saturated rings. The molecule has 134 valence electrons. The Morgan fingerprint density at radius 2 is 2.12 bits per heavy atom. The van der Waals surface area contributed by atoms with E-state index in [1.165, 1.54) is 42.5 Å². The summed E-state index contributed by atoms with van der Waals surface area (Å²) in [6.07, 6.45) is 7.36. The average molecular weight is 349 g/mol. The van der Waals surface area contributed by atoms with Crippen molar-refractivity contribution in [1.82, 2.24) is 10.6 Å². The summed E-state index contributed by atoms with van der Waals surface area (Å²) >= 11 is 2.00. The molecule has 0 radical (unpaired) electrons. The molecule has 1 aliphatic carbocycles. The third-order valence-corrected chi connectivity index (χ3v) is 5.91. The maximum atomic E-state index is 4.40. The van der Waals surface area contributed by atoms with E-state index in [4.69, 9.17) is 0 Å². The molecule has 0 saturated heterocycles. The molecule has 1 aromatic rings. The van der Waals surface area contributed by atoms with E-state index in [2.05, 4.69) is 66.0 Å². The van der Waals surface area contributed by atoms with Gasteiger partial charge >= 0.3 is 0 Å². The fourth-order valence-corrected chi connectivity index (χ4v) is 4.04. The van der Waals surface area contributed by atoms with E-state index in [9.17, 15) is 0 Å². The first-order valence-electron chi connectivity index (χ1n) is 8.80. The SMILES string of the molecule is CN=C(NCc1ccc(N(C)C)cc1C)NC1CCCC(SC)C1. The molecule has 0 aromatic heterocycles. The van der Waals surface area contributed by atoms with E-state index in [1.54, 1.807) is 0 Å². The van der Waals surface area contributed by atoms with Gasteiger partial charge in [-0.2, -0.15) is 11.8 Å². The van der Waals surface area contributed by atoms with Gasteiger partial charge in [0.15, 0.2) is 5.96 Å². The van der Waals surface area contributed by atoms with Crippen LogP contribution in [-0.4, -0.2) is 44.7 Å². The summed E-state index contributed by atoms with van der Waals surface area (Å²) in [5.74, 6) is 0.915. The zero-order chi connectivity index (χ0) is 17.5. The van der Waals surface area contributed by atoms with Gasteiger partial charge in [0, 0.05) is 44.7 Å². The van der Waals surface area contributed by atoms with Gasteiger partial charge in [0.1, 0.15) is 0 Å². The molecule has 1 saturated carbocycles. The number of benzene rings is 1. The Morgan fingerprint density at radius 3 is 2.75 bits per heavy atom. The Hall–Kier alpha value is -1.36. The molecule has 4 nitrogen and oxygen atoms in total. The third kappa shape index (κ3) is 5.33. The lowest BCUT2D eigenvalue weighted by atomic mass is 9.95. The number of hydrogen-bond acceptors (Lipinski definition) is 3. The fourth-order valence-electron chi connectivity index (χ4n) is 3.21. The van der Waals surface area contributed by atoms with Crippen LogP contribution in [0.15, 0.2) is 23.2 Å². The Bertz CT molecular complexity index is 556. The lowest BCUT2D eigenvalue weighted by Crippen LogP contribution is -2.45. The minimum absolute atomic E-state index is 0.541. The normalized spacial score (nSPS) is 21.5. The van der Waals surface area contributed by atoms with Crippen LogP contribution in [0.5, 0.6) is 0 Å². The number of anilines is 1. The van der Waals surface area contributed by atoms with Gasteiger partial charge in [0.2, 0.25) is 0 Å². The molecule has 1 aliphatic rings. The van der Waals surface area contributed by atoms with E-state index in [1.807, 2.05) is 18.8 Å². The predicted molar refractivity (Wildman–Crippen MR) is 108 cm³/mol. The predicted octanol–water partition coefficient (Wildman–Crippen LogP) is 3.40. The summed E-state index contributed by atoms with van der Waals surface area (Å²) in [5.41, 5.74) is 3.86. The first-order valence-corrected chi connectivity index (χ1v) is 10.1. The summed E-state index contributed by atoms with van der Waals surface area (Å²) in [7, 11) is 6.00. The van der Waals surface area contributed by atoms with Crippen molar-refractivity contribution >= 4 is 23.4 Å². The van der Waals surface area contributed by atoms with Gasteiger partial charge in [-0.15, -0.1) is 0 Å². The van der Waals surface area contributed by atoms with Crippen molar-refractivity contribution in [3.63, 3.8) is 0 Å². The van der Waals surface area contributed by atoms with Crippen LogP contribution in [0.4, 0.5) is 5.69 Å². The van der Waals surface area contributed by atoms with Crippen molar-refractivity contribution in [2.45, 2.75) is 50.4 Å². The molecule has 2 N–H and O–H groups in total. The molecule has 0 spiro atoms. The van der Waals surface area contributed by atoms with Gasteiger partial charge in [0.25, 0.3) is 0 Å². The summed E-state index contributed by atoms with van der Waals surface area (Å²) in [5, 5.41) is 7.87. The standard InChI is InChI=1S/C19H32N4S/c1-14-11-17(23(3)4)10-9-15(14)13-21-19(20-2)22-16-7-6-8-18(12-16)24-5/h9-11,16,18H,6-8,12-13H2,1-5H3,(H2,20,21,22). The van der Waals surface area contributed by atoms with Crippen molar-refractivity contribution in [2.75, 3.05) is 32.3 Å². The summed E-state index contributed by atoms with van der Waals surface area (Å²) < 4.78 is 0. The number of aliphatic imine (C=N–C) groups is 1. The largest absolute Gasteiger partial charge is 0.378 e. The lowest BCUT2D eigenvalue weighted by molar-refractivity contribution is 0.419. The second kappa shape index (κ2) is 9.21. The van der Waals surface area contributed by atoms with E-state index in [0.717, 1.165) is 17.8 Å². The minimum Gasteiger partial charge on any atom is -0.378 e. The van der Waals surface area contributed by atoms with Crippen molar-refractivity contribution < 1.29 is 0 Å². The van der Waals surface area contributed by atoms with Gasteiger partial charge in [-0.05, 0) is 55.7 Å². The number of nitrogens with zero attached hydrogens (tertiary/aromatic N) is 2. The van der Waals surface area contributed by atoms with Gasteiger partial charge in [-0.1, -0.05) is 12.5 Å². The monoisotopic (exact) mass is 348 g/mol. The van der Waals surface area contributed by atoms with E-state index in [0.29, 0.717) is 6.04 Å². The Balaban J connectivity index is 1.89. The number of hydrogen-bond donors (Lipinski definition) is 2. The molecule has 1 aromatic carbocycles. The Kier molecular flexibility index (Phi) is 7.28. The molecule has 24 heavy (non-hydrogen) atoms. The number of aryl methyl sites for hydroxylation is 1. The van der Waals surface area contributed by atoms with Crippen LogP contribution in [0.3, 0.4) is 0 Å². The highest BCUT2D eigenvalue weighted by Crippen LogP contribution is 2.26. The maximum absolute atomic E-state index is 4.40. The molecular formula is C19H32N4S. The molecule has 0 bridgehead atoms. The van der Waals surface area contributed by atoms with Crippen LogP contribution in [0.1, 0.15) is 36.8 Å². The zero-order valence-electron chi connectivity index (χ0n) is 15.7. The van der Waals surface area contributed by atoms with Gasteiger partial charge in [-0.3, -0.25) is 4.99 Å². The molecule has 0 amide bonds. The highest BCUT2D eigenvalue weighted by Gasteiger charge is 2.21. The third-order valence-electron chi connectivity index (χ3n) is 4.81. The van der Waals surface area contributed by atoms with Crippen molar-refractivity contribution in [3.8, 4) is 0 Å². The first kappa shape index (κ1) is 19.0. The van der Waals surface area contributed by atoms with Gasteiger partial charge in [0.05, 0.1) is 0 Å². The highest BCUT2D eigenvalue weighted by atomic mass is 32.2. The summed E-state index contributed by atoms with van der Waals surface area (Å²) in [6.45, 7) is 2.97. The Labute approximate surface area is 151 Å². The number of guanidine groups is 1. The van der Waals surface area contributed by atoms with Gasteiger partial charge in [-0.25, -0.2) is 0 Å². The van der Waals surface area contributed by atoms with Crippen LogP contribution >= 0.6 is 11.8 Å². The van der Waals surface area contributed by atoms with Crippen LogP contribution in [0, 0.1) is 6.92 Å². The molecule has 5 heteroatoms. The van der Waals surface area contributed by atoms with Crippen molar-refractivity contribution in [3.05, 3.63) is 29.3 Å². The van der Waals surface area contributed by atoms with Crippen molar-refractivity contribution in [2.24, 2.45) is 4.99 Å². The fraction of sp³-hybridized carbons (Fsp3) is 0.632. The van der Waals surface area contributed by atoms with Crippen LogP contribution in [0.25, 0.3) is 0 Å². The second-order valence-electron chi connectivity index (χ2n) is 6.80. The molecular weight excluding hydrogens is 316 g/mol. The minimum atomic E-state index is 0.541. The second-order valence-corrected chi connectivity index (χ2v) is 7.93. The van der Waals surface area contributed by atoms with Crippen molar-refractivity contribution in [1.29, 1.82) is 0 Å².